The summed E-state index contributed by atoms with van der Waals surface area (Å²) in [5.74, 6) is -2.47. The number of hydrogen-bond acceptors (Lipinski definition) is 8. The minimum Gasteiger partial charge on any atom is -0.465 e. The van der Waals surface area contributed by atoms with Crippen molar-refractivity contribution in [2.75, 3.05) is 13.7 Å². The molecule has 0 saturated carbocycles. The summed E-state index contributed by atoms with van der Waals surface area (Å²) in [5.41, 5.74) is -0.865. The largest absolute Gasteiger partial charge is 0.465 e. The summed E-state index contributed by atoms with van der Waals surface area (Å²) in [6.07, 6.45) is -0.836. The van der Waals surface area contributed by atoms with Gasteiger partial charge in [-0.05, 0) is 6.07 Å². The van der Waals surface area contributed by atoms with E-state index in [-0.39, 0.29) is 24.2 Å². The molecule has 0 N–H and O–H groups in total. The molecule has 1 fully saturated rings. The molecule has 0 spiro atoms. The molecule has 1 aliphatic rings. The fourth-order valence-corrected chi connectivity index (χ4v) is 1.85. The summed E-state index contributed by atoms with van der Waals surface area (Å²) >= 11 is 0. The zero-order valence-corrected chi connectivity index (χ0v) is 11.4. The van der Waals surface area contributed by atoms with Crippen molar-refractivity contribution in [2.45, 2.75) is 12.5 Å². The maximum absolute atomic E-state index is 12.0. The first kappa shape index (κ1) is 15.4. The summed E-state index contributed by atoms with van der Waals surface area (Å²) in [4.78, 5) is 44.8. The van der Waals surface area contributed by atoms with Crippen molar-refractivity contribution in [3.63, 3.8) is 0 Å². The molecule has 0 amide bonds. The van der Waals surface area contributed by atoms with Crippen LogP contribution in [0.1, 0.15) is 27.1 Å². The Hall–Kier alpha value is -2.97. The summed E-state index contributed by atoms with van der Waals surface area (Å²) in [6.45, 7) is 0.138. The quantitative estimate of drug-likeness (QED) is 0.347. The monoisotopic (exact) mass is 309 g/mol. The normalized spacial score (nSPS) is 16.8. The van der Waals surface area contributed by atoms with Crippen molar-refractivity contribution in [3.05, 3.63) is 39.4 Å². The SMILES string of the molecule is COC(=O)c1cc(C(=O)O[C@@H]2CCOC2=O)cc([N+](=O)[O-])c1. The van der Waals surface area contributed by atoms with Crippen LogP contribution in [-0.4, -0.2) is 42.7 Å². The van der Waals surface area contributed by atoms with Crippen molar-refractivity contribution >= 4 is 23.6 Å². The Morgan fingerprint density at radius 3 is 2.41 bits per heavy atom. The fraction of sp³-hybridized carbons (Fsp3) is 0.308. The van der Waals surface area contributed by atoms with Crippen molar-refractivity contribution in [3.8, 4) is 0 Å². The Bertz CT molecular complexity index is 653. The van der Waals surface area contributed by atoms with E-state index in [1.54, 1.807) is 0 Å². The lowest BCUT2D eigenvalue weighted by molar-refractivity contribution is -0.384. The van der Waals surface area contributed by atoms with Gasteiger partial charge in [-0.15, -0.1) is 0 Å². The van der Waals surface area contributed by atoms with Gasteiger partial charge in [0, 0.05) is 18.6 Å². The number of nitro benzene ring substituents is 1. The first-order valence-electron chi connectivity index (χ1n) is 6.18. The van der Waals surface area contributed by atoms with Gasteiger partial charge in [-0.3, -0.25) is 10.1 Å². The highest BCUT2D eigenvalue weighted by Gasteiger charge is 2.31. The molecule has 1 atom stereocenters. The molecule has 116 valence electrons. The molecule has 0 aromatic heterocycles. The molecular weight excluding hydrogens is 298 g/mol. The Labute approximate surface area is 123 Å². The van der Waals surface area contributed by atoms with Crippen LogP contribution in [0.4, 0.5) is 5.69 Å². The molecule has 2 rings (SSSR count). The van der Waals surface area contributed by atoms with Gasteiger partial charge in [-0.2, -0.15) is 0 Å². The molecule has 1 heterocycles. The third-order valence-corrected chi connectivity index (χ3v) is 2.92. The third-order valence-electron chi connectivity index (χ3n) is 2.92. The highest BCUT2D eigenvalue weighted by atomic mass is 16.6. The van der Waals surface area contributed by atoms with E-state index >= 15 is 0 Å². The lowest BCUT2D eigenvalue weighted by Gasteiger charge is -2.09. The number of non-ortho nitro benzene ring substituents is 1. The van der Waals surface area contributed by atoms with Crippen molar-refractivity contribution in [1.82, 2.24) is 0 Å². The van der Waals surface area contributed by atoms with Crippen LogP contribution in [-0.2, 0) is 19.0 Å². The molecule has 0 aliphatic carbocycles. The predicted octanol–water partition coefficient (Wildman–Crippen LogP) is 0.854. The number of carbonyl (C=O) groups is 3. The van der Waals surface area contributed by atoms with E-state index < -0.39 is 34.6 Å². The minimum atomic E-state index is -1.05. The molecule has 0 radical (unpaired) electrons. The number of methoxy groups -OCH3 is 1. The fourth-order valence-electron chi connectivity index (χ4n) is 1.85. The summed E-state index contributed by atoms with van der Waals surface area (Å²) in [6, 6.07) is 3.03. The first-order chi connectivity index (χ1) is 10.4. The van der Waals surface area contributed by atoms with Crippen LogP contribution >= 0.6 is 0 Å². The second-order valence-electron chi connectivity index (χ2n) is 4.37. The standard InChI is InChI=1S/C13H11NO8/c1-20-11(15)7-4-8(6-9(5-7)14(18)19)12(16)22-10-2-3-21-13(10)17/h4-6,10H,2-3H2,1H3/t10-/m1/s1. The highest BCUT2D eigenvalue weighted by Crippen LogP contribution is 2.20. The van der Waals surface area contributed by atoms with Crippen molar-refractivity contribution in [2.24, 2.45) is 0 Å². The van der Waals surface area contributed by atoms with E-state index in [1.807, 2.05) is 0 Å². The molecule has 1 aromatic carbocycles. The van der Waals surface area contributed by atoms with E-state index in [0.717, 1.165) is 25.3 Å². The lowest BCUT2D eigenvalue weighted by Crippen LogP contribution is -2.23. The van der Waals surface area contributed by atoms with E-state index in [1.165, 1.54) is 0 Å². The topological polar surface area (TPSA) is 122 Å². The Kier molecular flexibility index (Phi) is 4.35. The van der Waals surface area contributed by atoms with Crippen LogP contribution < -0.4 is 0 Å². The first-order valence-corrected chi connectivity index (χ1v) is 6.18. The van der Waals surface area contributed by atoms with Gasteiger partial charge in [-0.25, -0.2) is 14.4 Å². The van der Waals surface area contributed by atoms with Crippen LogP contribution in [0.2, 0.25) is 0 Å². The molecule has 1 saturated heterocycles. The lowest BCUT2D eigenvalue weighted by atomic mass is 10.1. The number of rotatable bonds is 4. The van der Waals surface area contributed by atoms with Crippen LogP contribution in [0, 0.1) is 10.1 Å². The molecule has 1 aromatic rings. The van der Waals surface area contributed by atoms with E-state index in [0.29, 0.717) is 0 Å². The molecule has 9 heteroatoms. The third kappa shape index (κ3) is 3.19. The second-order valence-corrected chi connectivity index (χ2v) is 4.37. The smallest absolute Gasteiger partial charge is 0.347 e. The number of nitro groups is 1. The highest BCUT2D eigenvalue weighted by molar-refractivity contribution is 5.97. The number of esters is 3. The van der Waals surface area contributed by atoms with Crippen molar-refractivity contribution < 1.29 is 33.5 Å². The molecular formula is C13H11NO8. The maximum Gasteiger partial charge on any atom is 0.347 e. The van der Waals surface area contributed by atoms with Gasteiger partial charge < -0.3 is 14.2 Å². The number of benzene rings is 1. The summed E-state index contributed by atoms with van der Waals surface area (Å²) in [5, 5.41) is 10.9. The van der Waals surface area contributed by atoms with Gasteiger partial charge in [-0.1, -0.05) is 0 Å². The minimum absolute atomic E-state index is 0.138. The van der Waals surface area contributed by atoms with Gasteiger partial charge in [0.05, 0.1) is 29.8 Å². The summed E-state index contributed by atoms with van der Waals surface area (Å²) < 4.78 is 14.0. The predicted molar refractivity (Wildman–Crippen MR) is 69.2 cm³/mol. The van der Waals surface area contributed by atoms with E-state index in [4.69, 9.17) is 4.74 Å². The number of carbonyl (C=O) groups excluding carboxylic acids is 3. The Balaban J connectivity index is 2.30. The maximum atomic E-state index is 12.0. The van der Waals surface area contributed by atoms with E-state index in [2.05, 4.69) is 9.47 Å². The number of nitrogens with zero attached hydrogens (tertiary/aromatic N) is 1. The van der Waals surface area contributed by atoms with Gasteiger partial charge in [0.25, 0.3) is 5.69 Å². The number of cyclic esters (lactones) is 1. The average Bonchev–Trinajstić information content (AvgIpc) is 2.91. The van der Waals surface area contributed by atoms with Gasteiger partial charge in [0.1, 0.15) is 0 Å². The van der Waals surface area contributed by atoms with Crippen LogP contribution in [0.25, 0.3) is 0 Å². The zero-order chi connectivity index (χ0) is 16.3. The van der Waals surface area contributed by atoms with Gasteiger partial charge >= 0.3 is 17.9 Å². The second kappa shape index (κ2) is 6.20. The summed E-state index contributed by atoms with van der Waals surface area (Å²) in [7, 11) is 1.10. The molecule has 1 aliphatic heterocycles. The van der Waals surface area contributed by atoms with Crippen LogP contribution in [0.3, 0.4) is 0 Å². The number of ether oxygens (including phenoxy) is 3. The molecule has 9 nitrogen and oxygen atoms in total. The Morgan fingerprint density at radius 1 is 1.27 bits per heavy atom. The van der Waals surface area contributed by atoms with Crippen LogP contribution in [0.15, 0.2) is 18.2 Å². The van der Waals surface area contributed by atoms with Crippen LogP contribution in [0.5, 0.6) is 0 Å². The molecule has 0 bridgehead atoms. The van der Waals surface area contributed by atoms with Gasteiger partial charge in [0.15, 0.2) is 0 Å². The molecule has 22 heavy (non-hydrogen) atoms. The zero-order valence-electron chi connectivity index (χ0n) is 11.4. The van der Waals surface area contributed by atoms with Gasteiger partial charge in [0.2, 0.25) is 6.10 Å². The molecule has 0 unspecified atom stereocenters. The average molecular weight is 309 g/mol. The van der Waals surface area contributed by atoms with E-state index in [9.17, 15) is 24.5 Å². The Morgan fingerprint density at radius 2 is 1.91 bits per heavy atom. The van der Waals surface area contributed by atoms with Crippen molar-refractivity contribution in [1.29, 1.82) is 0 Å². The number of hydrogen-bond donors (Lipinski definition) is 0.